The summed E-state index contributed by atoms with van der Waals surface area (Å²) in [4.78, 5) is 28.9. The third-order valence-electron chi connectivity index (χ3n) is 6.10. The highest BCUT2D eigenvalue weighted by atomic mass is 32.1. The zero-order valence-corrected chi connectivity index (χ0v) is 19.7. The normalized spacial score (nSPS) is 13.5. The number of benzene rings is 2. The monoisotopic (exact) mass is 476 g/mol. The summed E-state index contributed by atoms with van der Waals surface area (Å²) in [5, 5.41) is 8.50. The Kier molecular flexibility index (Phi) is 6.15. The molecule has 6 nitrogen and oxygen atoms in total. The Morgan fingerprint density at radius 1 is 1.06 bits per heavy atom. The Balaban J connectivity index is 1.28. The lowest BCUT2D eigenvalue weighted by Crippen LogP contribution is -2.28. The van der Waals surface area contributed by atoms with Crippen LogP contribution in [0.5, 0.6) is 0 Å². The molecule has 2 aromatic carbocycles. The van der Waals surface area contributed by atoms with Crippen molar-refractivity contribution in [2.24, 2.45) is 0 Å². The minimum atomic E-state index is -0.272. The van der Waals surface area contributed by atoms with Crippen LogP contribution < -0.4 is 5.32 Å². The van der Waals surface area contributed by atoms with E-state index in [4.69, 9.17) is 0 Å². The largest absolute Gasteiger partial charge is 0.347 e. The van der Waals surface area contributed by atoms with Crippen molar-refractivity contribution in [3.63, 3.8) is 0 Å². The van der Waals surface area contributed by atoms with E-state index in [1.165, 1.54) is 23.5 Å². The van der Waals surface area contributed by atoms with Gasteiger partial charge in [-0.2, -0.15) is 5.10 Å². The number of nitrogens with one attached hydrogen (secondary N) is 1. The average molecular weight is 477 g/mol. The molecule has 0 spiro atoms. The van der Waals surface area contributed by atoms with E-state index in [1.807, 2.05) is 46.8 Å². The van der Waals surface area contributed by atoms with Crippen molar-refractivity contribution in [2.75, 3.05) is 13.1 Å². The second kappa shape index (κ2) is 9.38. The predicted octanol–water partition coefficient (Wildman–Crippen LogP) is 4.76. The van der Waals surface area contributed by atoms with Crippen LogP contribution in [0.4, 0.5) is 4.39 Å². The van der Waals surface area contributed by atoms with E-state index in [1.54, 1.807) is 12.1 Å². The number of likely N-dealkylation sites (tertiary alicyclic amines) is 1. The fourth-order valence-corrected chi connectivity index (χ4v) is 5.36. The highest BCUT2D eigenvalue weighted by molar-refractivity contribution is 7.20. The van der Waals surface area contributed by atoms with E-state index in [2.05, 4.69) is 10.4 Å². The molecule has 0 aliphatic carbocycles. The first kappa shape index (κ1) is 22.3. The molecule has 174 valence electrons. The quantitative estimate of drug-likeness (QED) is 0.436. The van der Waals surface area contributed by atoms with Gasteiger partial charge in [0.2, 0.25) is 0 Å². The number of nitrogens with zero attached hydrogens (tertiary/aromatic N) is 3. The zero-order chi connectivity index (χ0) is 23.7. The summed E-state index contributed by atoms with van der Waals surface area (Å²) in [6, 6.07) is 15.7. The van der Waals surface area contributed by atoms with Crippen molar-refractivity contribution in [3.05, 3.63) is 87.7 Å². The third kappa shape index (κ3) is 4.59. The summed E-state index contributed by atoms with van der Waals surface area (Å²) in [7, 11) is 0. The third-order valence-corrected chi connectivity index (χ3v) is 7.24. The lowest BCUT2D eigenvalue weighted by molar-refractivity contribution is 0.0792. The molecule has 1 N–H and O–H groups in total. The minimum absolute atomic E-state index is 0.0522. The number of thiophene rings is 1. The first-order chi connectivity index (χ1) is 16.5. The summed E-state index contributed by atoms with van der Waals surface area (Å²) in [6.45, 7) is 4.38. The number of hydrogen-bond donors (Lipinski definition) is 1. The van der Waals surface area contributed by atoms with Gasteiger partial charge in [0.05, 0.1) is 17.1 Å². The Bertz CT molecular complexity index is 1350. The number of carbonyl (C=O) groups is 2. The average Bonchev–Trinajstić information content (AvgIpc) is 3.58. The molecule has 0 bridgehead atoms. The number of aromatic nitrogens is 2. The summed E-state index contributed by atoms with van der Waals surface area (Å²) in [5.41, 5.74) is 3.33. The van der Waals surface area contributed by atoms with Crippen molar-refractivity contribution in [3.8, 4) is 0 Å². The molecule has 1 aliphatic rings. The van der Waals surface area contributed by atoms with Crippen LogP contribution in [0.25, 0.3) is 10.2 Å². The molecule has 1 saturated heterocycles. The molecule has 1 fully saturated rings. The van der Waals surface area contributed by atoms with Crippen molar-refractivity contribution >= 4 is 33.4 Å². The van der Waals surface area contributed by atoms with Crippen LogP contribution >= 0.6 is 11.3 Å². The summed E-state index contributed by atoms with van der Waals surface area (Å²) in [5.74, 6) is -0.381. The molecule has 0 radical (unpaired) electrons. The van der Waals surface area contributed by atoms with E-state index in [9.17, 15) is 14.0 Å². The van der Waals surface area contributed by atoms with Crippen molar-refractivity contribution in [2.45, 2.75) is 32.9 Å². The Hall–Kier alpha value is -3.52. The van der Waals surface area contributed by atoms with Gasteiger partial charge in [-0.3, -0.25) is 14.3 Å². The van der Waals surface area contributed by atoms with Gasteiger partial charge in [-0.1, -0.05) is 24.3 Å². The van der Waals surface area contributed by atoms with Gasteiger partial charge >= 0.3 is 0 Å². The van der Waals surface area contributed by atoms with Crippen LogP contribution in [0.1, 0.15) is 49.7 Å². The van der Waals surface area contributed by atoms with Gasteiger partial charge in [-0.25, -0.2) is 4.39 Å². The molecule has 8 heteroatoms. The Morgan fingerprint density at radius 2 is 1.82 bits per heavy atom. The first-order valence-electron chi connectivity index (χ1n) is 11.4. The zero-order valence-electron chi connectivity index (χ0n) is 18.9. The van der Waals surface area contributed by atoms with E-state index in [0.29, 0.717) is 23.5 Å². The number of fused-ring (bicyclic) bond motifs is 1. The molecule has 0 saturated carbocycles. The lowest BCUT2D eigenvalue weighted by Gasteiger charge is -2.15. The molecule has 0 unspecified atom stereocenters. The Labute approximate surface area is 201 Å². The van der Waals surface area contributed by atoms with Crippen molar-refractivity contribution in [1.82, 2.24) is 20.0 Å². The highest BCUT2D eigenvalue weighted by Crippen LogP contribution is 2.29. The Morgan fingerprint density at radius 3 is 2.59 bits per heavy atom. The van der Waals surface area contributed by atoms with Crippen LogP contribution in [-0.2, 0) is 13.1 Å². The van der Waals surface area contributed by atoms with E-state index in [0.717, 1.165) is 53.0 Å². The van der Waals surface area contributed by atoms with Gasteiger partial charge in [-0.15, -0.1) is 11.3 Å². The van der Waals surface area contributed by atoms with Gasteiger partial charge < -0.3 is 10.2 Å². The maximum Gasteiger partial charge on any atom is 0.261 e. The smallest absolute Gasteiger partial charge is 0.261 e. The van der Waals surface area contributed by atoms with E-state index in [-0.39, 0.29) is 17.6 Å². The van der Waals surface area contributed by atoms with Crippen LogP contribution in [-0.4, -0.2) is 39.6 Å². The summed E-state index contributed by atoms with van der Waals surface area (Å²) < 4.78 is 15.1. The number of aryl methyl sites for hydroxylation is 1. The van der Waals surface area contributed by atoms with E-state index >= 15 is 0 Å². The van der Waals surface area contributed by atoms with Crippen molar-refractivity contribution < 1.29 is 14.0 Å². The maximum atomic E-state index is 13.2. The highest BCUT2D eigenvalue weighted by Gasteiger charge is 2.20. The number of amides is 2. The van der Waals surface area contributed by atoms with Crippen molar-refractivity contribution in [1.29, 1.82) is 0 Å². The minimum Gasteiger partial charge on any atom is -0.347 e. The van der Waals surface area contributed by atoms with Gasteiger partial charge in [0.15, 0.2) is 0 Å². The number of rotatable bonds is 6. The predicted molar refractivity (Wildman–Crippen MR) is 131 cm³/mol. The number of halogens is 1. The summed E-state index contributed by atoms with van der Waals surface area (Å²) >= 11 is 1.39. The number of hydrogen-bond acceptors (Lipinski definition) is 4. The van der Waals surface area contributed by atoms with Gasteiger partial charge in [0, 0.05) is 30.6 Å². The molecule has 2 amide bonds. The second-order valence-electron chi connectivity index (χ2n) is 8.58. The molecular weight excluding hydrogens is 451 g/mol. The fourth-order valence-electron chi connectivity index (χ4n) is 4.28. The lowest BCUT2D eigenvalue weighted by atomic mass is 10.1. The fraction of sp³-hybridized carbons (Fsp3) is 0.269. The second-order valence-corrected chi connectivity index (χ2v) is 9.61. The maximum absolute atomic E-state index is 13.2. The molecule has 0 atom stereocenters. The van der Waals surface area contributed by atoms with Crippen LogP contribution in [0.3, 0.4) is 0 Å². The SMILES string of the molecule is Cc1nn(Cc2ccc(F)cc2)c2sc(C(=O)NCc3cccc(C(=O)N4CCCC4)c3)cc12. The van der Waals surface area contributed by atoms with Gasteiger partial charge in [0.25, 0.3) is 11.8 Å². The molecule has 1 aliphatic heterocycles. The topological polar surface area (TPSA) is 67.2 Å². The molecule has 2 aromatic heterocycles. The van der Waals surface area contributed by atoms with Gasteiger partial charge in [0.1, 0.15) is 10.6 Å². The first-order valence-corrected chi connectivity index (χ1v) is 12.2. The molecular formula is C26H25FN4O2S. The van der Waals surface area contributed by atoms with E-state index < -0.39 is 0 Å². The van der Waals surface area contributed by atoms with Crippen LogP contribution in [0.15, 0.2) is 54.6 Å². The molecule has 4 aromatic rings. The standard InChI is InChI=1S/C26H25FN4O2S/c1-17-22-14-23(34-26(22)31(29-17)16-18-7-9-21(27)10-8-18)24(32)28-15-19-5-4-6-20(13-19)25(33)30-11-2-3-12-30/h4-10,13-14H,2-3,11-12,15-16H2,1H3,(H,28,32). The van der Waals surface area contributed by atoms with Crippen LogP contribution in [0.2, 0.25) is 0 Å². The molecule has 5 rings (SSSR count). The van der Waals surface area contributed by atoms with Gasteiger partial charge in [-0.05, 0) is 61.2 Å². The molecule has 34 heavy (non-hydrogen) atoms. The summed E-state index contributed by atoms with van der Waals surface area (Å²) in [6.07, 6.45) is 2.11. The van der Waals surface area contributed by atoms with Crippen LogP contribution in [0, 0.1) is 12.7 Å². The number of carbonyl (C=O) groups excluding carboxylic acids is 2. The molecule has 3 heterocycles.